The summed E-state index contributed by atoms with van der Waals surface area (Å²) in [5.74, 6) is 0.963. The molecule has 4 heteroatoms. The molecule has 0 atom stereocenters. The molecule has 0 aromatic carbocycles. The summed E-state index contributed by atoms with van der Waals surface area (Å²) in [6, 6.07) is 0. The lowest BCUT2D eigenvalue weighted by Gasteiger charge is -2.13. The summed E-state index contributed by atoms with van der Waals surface area (Å²) in [7, 11) is 1.99. The Hall–Kier alpha value is -1.29. The number of aromatic amines is 1. The van der Waals surface area contributed by atoms with E-state index in [0.717, 1.165) is 29.9 Å². The van der Waals surface area contributed by atoms with Crippen LogP contribution in [-0.4, -0.2) is 18.6 Å². The molecule has 14 heavy (non-hydrogen) atoms. The fraction of sp³-hybridized carbons (Fsp3) is 0.500. The van der Waals surface area contributed by atoms with Crippen molar-refractivity contribution < 1.29 is 0 Å². The van der Waals surface area contributed by atoms with Crippen LogP contribution in [0.15, 0.2) is 4.79 Å². The molecule has 2 rings (SSSR count). The van der Waals surface area contributed by atoms with Gasteiger partial charge < -0.3 is 15.6 Å². The molecule has 4 nitrogen and oxygen atoms in total. The number of pyridine rings is 1. The second-order valence-corrected chi connectivity index (χ2v) is 3.76. The smallest absolute Gasteiger partial charge is 0.254 e. The first-order valence-electron chi connectivity index (χ1n) is 4.81. The van der Waals surface area contributed by atoms with Crippen LogP contribution in [0, 0.1) is 6.92 Å². The zero-order chi connectivity index (χ0) is 10.3. The van der Waals surface area contributed by atoms with Crippen molar-refractivity contribution in [3.05, 3.63) is 27.0 Å². The van der Waals surface area contributed by atoms with Gasteiger partial charge in [-0.05, 0) is 24.5 Å². The number of nitrogens with zero attached hydrogens (tertiary/aromatic N) is 1. The summed E-state index contributed by atoms with van der Waals surface area (Å²) < 4.78 is 0. The minimum absolute atomic E-state index is 0.0440. The number of hydrogen-bond acceptors (Lipinski definition) is 3. The minimum atomic E-state index is -0.0440. The van der Waals surface area contributed by atoms with E-state index in [9.17, 15) is 4.79 Å². The Morgan fingerprint density at radius 2 is 2.29 bits per heavy atom. The van der Waals surface area contributed by atoms with E-state index in [1.54, 1.807) is 0 Å². The van der Waals surface area contributed by atoms with Crippen molar-refractivity contribution in [2.24, 2.45) is 5.73 Å². The highest BCUT2D eigenvalue weighted by Gasteiger charge is 2.21. The number of H-pyrrole nitrogens is 1. The lowest BCUT2D eigenvalue weighted by Crippen LogP contribution is -2.22. The Morgan fingerprint density at radius 3 is 2.93 bits per heavy atom. The predicted octanol–water partition coefficient (Wildman–Crippen LogP) is 0.134. The summed E-state index contributed by atoms with van der Waals surface area (Å²) in [6.45, 7) is 3.27. The van der Waals surface area contributed by atoms with Crippen molar-refractivity contribution in [3.63, 3.8) is 0 Å². The fourth-order valence-corrected chi connectivity index (χ4v) is 2.06. The number of nitrogens with one attached hydrogen (secondary N) is 1. The van der Waals surface area contributed by atoms with Crippen molar-refractivity contribution in [2.45, 2.75) is 19.9 Å². The van der Waals surface area contributed by atoms with Crippen LogP contribution in [-0.2, 0) is 13.0 Å². The largest absolute Gasteiger partial charge is 0.361 e. The molecule has 3 N–H and O–H groups in total. The Balaban J connectivity index is 2.69. The van der Waals surface area contributed by atoms with Crippen LogP contribution in [0.2, 0.25) is 0 Å². The van der Waals surface area contributed by atoms with Crippen LogP contribution in [0.25, 0.3) is 0 Å². The number of hydrogen-bond donors (Lipinski definition) is 2. The van der Waals surface area contributed by atoms with Crippen molar-refractivity contribution in [2.75, 3.05) is 18.5 Å². The van der Waals surface area contributed by atoms with Gasteiger partial charge in [0.1, 0.15) is 5.82 Å². The minimum Gasteiger partial charge on any atom is -0.361 e. The van der Waals surface area contributed by atoms with Gasteiger partial charge in [0, 0.05) is 25.7 Å². The number of likely N-dealkylation sites (N-methyl/N-ethyl adjacent to an activating group) is 1. The lowest BCUT2D eigenvalue weighted by molar-refractivity contribution is 0.942. The van der Waals surface area contributed by atoms with E-state index in [-0.39, 0.29) is 5.56 Å². The predicted molar refractivity (Wildman–Crippen MR) is 56.7 cm³/mol. The van der Waals surface area contributed by atoms with Gasteiger partial charge in [-0.25, -0.2) is 0 Å². The zero-order valence-electron chi connectivity index (χ0n) is 8.55. The molecule has 2 heterocycles. The molecule has 0 radical (unpaired) electrons. The van der Waals surface area contributed by atoms with Crippen LogP contribution in [0.5, 0.6) is 0 Å². The molecule has 1 aromatic rings. The van der Waals surface area contributed by atoms with Crippen molar-refractivity contribution in [1.82, 2.24) is 4.98 Å². The maximum Gasteiger partial charge on any atom is 0.254 e. The molecule has 1 aromatic heterocycles. The van der Waals surface area contributed by atoms with E-state index in [1.165, 1.54) is 5.56 Å². The normalized spacial score (nSPS) is 14.6. The zero-order valence-corrected chi connectivity index (χ0v) is 8.55. The van der Waals surface area contributed by atoms with Gasteiger partial charge in [0.25, 0.3) is 5.56 Å². The quantitative estimate of drug-likeness (QED) is 0.666. The first-order valence-corrected chi connectivity index (χ1v) is 4.81. The molecule has 1 aliphatic heterocycles. The molecule has 1 aliphatic rings. The van der Waals surface area contributed by atoms with E-state index >= 15 is 0 Å². The van der Waals surface area contributed by atoms with Crippen LogP contribution >= 0.6 is 0 Å². The Morgan fingerprint density at radius 1 is 1.57 bits per heavy atom. The van der Waals surface area contributed by atoms with Crippen LogP contribution in [0.4, 0.5) is 5.82 Å². The Kier molecular flexibility index (Phi) is 2.07. The van der Waals surface area contributed by atoms with E-state index in [2.05, 4.69) is 9.88 Å². The molecule has 0 bridgehead atoms. The van der Waals surface area contributed by atoms with Crippen LogP contribution in [0.3, 0.4) is 0 Å². The van der Waals surface area contributed by atoms with E-state index in [4.69, 9.17) is 5.73 Å². The average molecular weight is 193 g/mol. The topological polar surface area (TPSA) is 62.1 Å². The van der Waals surface area contributed by atoms with Crippen molar-refractivity contribution in [1.29, 1.82) is 0 Å². The van der Waals surface area contributed by atoms with Crippen LogP contribution in [0.1, 0.15) is 16.7 Å². The molecule has 0 spiro atoms. The van der Waals surface area contributed by atoms with Gasteiger partial charge in [-0.2, -0.15) is 0 Å². The maximum atomic E-state index is 11.6. The number of aromatic nitrogens is 1. The van der Waals surface area contributed by atoms with Gasteiger partial charge in [-0.15, -0.1) is 0 Å². The second kappa shape index (κ2) is 3.13. The monoisotopic (exact) mass is 193 g/mol. The van der Waals surface area contributed by atoms with E-state index < -0.39 is 0 Å². The molecule has 0 fully saturated rings. The van der Waals surface area contributed by atoms with Crippen molar-refractivity contribution in [3.8, 4) is 0 Å². The average Bonchev–Trinajstić information content (AvgIpc) is 2.49. The van der Waals surface area contributed by atoms with Gasteiger partial charge in [0.2, 0.25) is 0 Å². The highest BCUT2D eigenvalue weighted by molar-refractivity contribution is 5.56. The fourth-order valence-electron chi connectivity index (χ4n) is 2.06. The summed E-state index contributed by atoms with van der Waals surface area (Å²) in [5, 5.41) is 0. The summed E-state index contributed by atoms with van der Waals surface area (Å²) in [6.07, 6.45) is 1.00. The third kappa shape index (κ3) is 1.14. The molecule has 76 valence electrons. The molecule has 0 amide bonds. The Bertz CT molecular complexity index is 422. The highest BCUT2D eigenvalue weighted by Crippen LogP contribution is 2.26. The van der Waals surface area contributed by atoms with E-state index in [0.29, 0.717) is 6.54 Å². The van der Waals surface area contributed by atoms with Crippen LogP contribution < -0.4 is 16.2 Å². The number of anilines is 1. The molecule has 0 saturated heterocycles. The third-order valence-corrected chi connectivity index (χ3v) is 2.98. The number of nitrogens with two attached hydrogens (primary N) is 1. The van der Waals surface area contributed by atoms with Gasteiger partial charge in [-0.1, -0.05) is 0 Å². The SMILES string of the molecule is Cc1c2c([nH]c(=O)c1CN)N(C)CC2. The van der Waals surface area contributed by atoms with Gasteiger partial charge in [0.15, 0.2) is 0 Å². The first kappa shape index (κ1) is 9.27. The maximum absolute atomic E-state index is 11.6. The van der Waals surface area contributed by atoms with Gasteiger partial charge in [0.05, 0.1) is 0 Å². The molecular formula is C10H15N3O. The summed E-state index contributed by atoms with van der Waals surface area (Å²) in [5.41, 5.74) is 8.53. The molecule has 0 aliphatic carbocycles. The van der Waals surface area contributed by atoms with E-state index in [1.807, 2.05) is 14.0 Å². The standard InChI is InChI=1S/C10H15N3O/c1-6-7-3-4-13(2)9(7)12-10(14)8(6)5-11/h3-5,11H2,1-2H3,(H,12,14). The Labute approximate surface area is 82.7 Å². The van der Waals surface area contributed by atoms with Gasteiger partial charge in [-0.3, -0.25) is 4.79 Å². The molecule has 0 unspecified atom stereocenters. The number of rotatable bonds is 1. The highest BCUT2D eigenvalue weighted by atomic mass is 16.1. The third-order valence-electron chi connectivity index (χ3n) is 2.98. The molecule has 0 saturated carbocycles. The first-order chi connectivity index (χ1) is 6.65. The van der Waals surface area contributed by atoms with Crippen molar-refractivity contribution >= 4 is 5.82 Å². The second-order valence-electron chi connectivity index (χ2n) is 3.76. The number of fused-ring (bicyclic) bond motifs is 1. The summed E-state index contributed by atoms with van der Waals surface area (Å²) in [4.78, 5) is 16.6. The lowest BCUT2D eigenvalue weighted by atomic mass is 10.0. The summed E-state index contributed by atoms with van der Waals surface area (Å²) >= 11 is 0. The van der Waals surface area contributed by atoms with Gasteiger partial charge >= 0.3 is 0 Å². The molecular weight excluding hydrogens is 178 g/mol.